The fraction of sp³-hybridized carbons (Fsp3) is 0.273. The van der Waals surface area contributed by atoms with E-state index in [0.29, 0.717) is 10.7 Å². The summed E-state index contributed by atoms with van der Waals surface area (Å²) in [5.41, 5.74) is 1.25. The molecule has 0 saturated heterocycles. The molecule has 16 heavy (non-hydrogen) atoms. The van der Waals surface area contributed by atoms with Gasteiger partial charge in [-0.1, -0.05) is 17.7 Å². The molecule has 1 amide bonds. The van der Waals surface area contributed by atoms with Crippen molar-refractivity contribution in [1.82, 2.24) is 0 Å². The summed E-state index contributed by atoms with van der Waals surface area (Å²) in [5.74, 6) is -2.80. The SMILES string of the molecule is Cc1c(Cl)cccc1NC(=O)C(C)C(=O)O. The molecule has 0 heterocycles. The van der Waals surface area contributed by atoms with Crippen molar-refractivity contribution in [2.45, 2.75) is 13.8 Å². The highest BCUT2D eigenvalue weighted by atomic mass is 35.5. The van der Waals surface area contributed by atoms with Gasteiger partial charge in [-0.05, 0) is 31.5 Å². The normalized spacial score (nSPS) is 11.9. The molecule has 5 heteroatoms. The van der Waals surface area contributed by atoms with Gasteiger partial charge in [-0.25, -0.2) is 0 Å². The number of amides is 1. The Morgan fingerprint density at radius 1 is 1.44 bits per heavy atom. The van der Waals surface area contributed by atoms with Gasteiger partial charge in [0.2, 0.25) is 5.91 Å². The van der Waals surface area contributed by atoms with Gasteiger partial charge in [0.05, 0.1) is 0 Å². The number of carboxylic acids is 1. The summed E-state index contributed by atoms with van der Waals surface area (Å²) in [6.07, 6.45) is 0. The van der Waals surface area contributed by atoms with Gasteiger partial charge in [-0.3, -0.25) is 9.59 Å². The molecule has 1 atom stereocenters. The summed E-state index contributed by atoms with van der Waals surface area (Å²) in [6, 6.07) is 5.07. The third-order valence-corrected chi connectivity index (χ3v) is 2.70. The molecule has 1 aromatic rings. The molecular formula is C11H12ClNO3. The molecule has 2 N–H and O–H groups in total. The highest BCUT2D eigenvalue weighted by Gasteiger charge is 2.20. The Morgan fingerprint density at radius 3 is 2.62 bits per heavy atom. The number of nitrogens with one attached hydrogen (secondary N) is 1. The fourth-order valence-electron chi connectivity index (χ4n) is 1.10. The number of rotatable bonds is 3. The standard InChI is InChI=1S/C11H12ClNO3/c1-6-8(12)4-3-5-9(6)13-10(14)7(2)11(15)16/h3-5,7H,1-2H3,(H,13,14)(H,15,16). The molecule has 1 unspecified atom stereocenters. The Morgan fingerprint density at radius 2 is 2.06 bits per heavy atom. The Balaban J connectivity index is 2.85. The quantitative estimate of drug-likeness (QED) is 0.798. The van der Waals surface area contributed by atoms with Gasteiger partial charge in [-0.15, -0.1) is 0 Å². The summed E-state index contributed by atoms with van der Waals surface area (Å²) >= 11 is 5.87. The number of halogens is 1. The highest BCUT2D eigenvalue weighted by molar-refractivity contribution is 6.31. The van der Waals surface area contributed by atoms with Crippen LogP contribution in [0.2, 0.25) is 5.02 Å². The first-order valence-electron chi connectivity index (χ1n) is 4.72. The van der Waals surface area contributed by atoms with E-state index in [9.17, 15) is 9.59 Å². The van der Waals surface area contributed by atoms with Gasteiger partial charge in [0, 0.05) is 10.7 Å². The minimum Gasteiger partial charge on any atom is -0.481 e. The van der Waals surface area contributed by atoms with Crippen molar-refractivity contribution >= 4 is 29.2 Å². The summed E-state index contributed by atoms with van der Waals surface area (Å²) in [4.78, 5) is 22.1. The number of carbonyl (C=O) groups excluding carboxylic acids is 1. The summed E-state index contributed by atoms with van der Waals surface area (Å²) in [6.45, 7) is 3.08. The molecule has 0 bridgehead atoms. The number of hydrogen-bond acceptors (Lipinski definition) is 2. The van der Waals surface area contributed by atoms with E-state index in [2.05, 4.69) is 5.32 Å². The first-order chi connectivity index (χ1) is 7.43. The molecule has 86 valence electrons. The molecule has 0 radical (unpaired) electrons. The van der Waals surface area contributed by atoms with Crippen LogP contribution in [0.5, 0.6) is 0 Å². The second kappa shape index (κ2) is 4.99. The molecule has 1 aromatic carbocycles. The van der Waals surface area contributed by atoms with E-state index >= 15 is 0 Å². The van der Waals surface area contributed by atoms with E-state index in [-0.39, 0.29) is 0 Å². The predicted octanol–water partition coefficient (Wildman–Crippen LogP) is 2.31. The van der Waals surface area contributed by atoms with Crippen LogP contribution in [-0.4, -0.2) is 17.0 Å². The van der Waals surface area contributed by atoms with Crippen LogP contribution in [-0.2, 0) is 9.59 Å². The molecule has 0 fully saturated rings. The average Bonchev–Trinajstić information content (AvgIpc) is 2.23. The van der Waals surface area contributed by atoms with E-state index < -0.39 is 17.8 Å². The van der Waals surface area contributed by atoms with Crippen molar-refractivity contribution in [3.8, 4) is 0 Å². The smallest absolute Gasteiger partial charge is 0.315 e. The molecule has 0 spiro atoms. The zero-order chi connectivity index (χ0) is 12.3. The summed E-state index contributed by atoms with van der Waals surface area (Å²) < 4.78 is 0. The van der Waals surface area contributed by atoms with Gasteiger partial charge < -0.3 is 10.4 Å². The number of anilines is 1. The number of hydrogen-bond donors (Lipinski definition) is 2. The zero-order valence-corrected chi connectivity index (χ0v) is 9.71. The van der Waals surface area contributed by atoms with E-state index in [1.165, 1.54) is 6.92 Å². The van der Waals surface area contributed by atoms with E-state index in [4.69, 9.17) is 16.7 Å². The Hall–Kier alpha value is -1.55. The van der Waals surface area contributed by atoms with E-state index in [1.54, 1.807) is 25.1 Å². The summed E-state index contributed by atoms with van der Waals surface area (Å²) in [7, 11) is 0. The summed E-state index contributed by atoms with van der Waals surface area (Å²) in [5, 5.41) is 11.7. The van der Waals surface area contributed by atoms with Gasteiger partial charge in [-0.2, -0.15) is 0 Å². The van der Waals surface area contributed by atoms with Gasteiger partial charge >= 0.3 is 5.97 Å². The number of aliphatic carboxylic acids is 1. The lowest BCUT2D eigenvalue weighted by Gasteiger charge is -2.11. The third kappa shape index (κ3) is 2.73. The van der Waals surface area contributed by atoms with Crippen LogP contribution in [0.3, 0.4) is 0 Å². The fourth-order valence-corrected chi connectivity index (χ4v) is 1.27. The highest BCUT2D eigenvalue weighted by Crippen LogP contribution is 2.23. The van der Waals surface area contributed by atoms with Crippen molar-refractivity contribution in [2.24, 2.45) is 5.92 Å². The van der Waals surface area contributed by atoms with Crippen molar-refractivity contribution in [1.29, 1.82) is 0 Å². The molecule has 4 nitrogen and oxygen atoms in total. The van der Waals surface area contributed by atoms with Gasteiger partial charge in [0.25, 0.3) is 0 Å². The first kappa shape index (κ1) is 12.5. The Labute approximate surface area is 98.2 Å². The Bertz CT molecular complexity index is 431. The molecule has 0 aliphatic heterocycles. The van der Waals surface area contributed by atoms with Crippen LogP contribution in [0.25, 0.3) is 0 Å². The van der Waals surface area contributed by atoms with Crippen molar-refractivity contribution < 1.29 is 14.7 Å². The largest absolute Gasteiger partial charge is 0.481 e. The van der Waals surface area contributed by atoms with Crippen LogP contribution >= 0.6 is 11.6 Å². The van der Waals surface area contributed by atoms with Crippen LogP contribution in [0.1, 0.15) is 12.5 Å². The monoisotopic (exact) mass is 241 g/mol. The Kier molecular flexibility index (Phi) is 3.90. The zero-order valence-electron chi connectivity index (χ0n) is 8.95. The molecular weight excluding hydrogens is 230 g/mol. The van der Waals surface area contributed by atoms with E-state index in [1.807, 2.05) is 0 Å². The third-order valence-electron chi connectivity index (χ3n) is 2.29. The second-order valence-electron chi connectivity index (χ2n) is 3.46. The minimum atomic E-state index is -1.16. The molecule has 0 aromatic heterocycles. The van der Waals surface area contributed by atoms with Crippen LogP contribution < -0.4 is 5.32 Å². The lowest BCUT2D eigenvalue weighted by molar-refractivity contribution is -0.144. The molecule has 0 aliphatic carbocycles. The maximum Gasteiger partial charge on any atom is 0.315 e. The van der Waals surface area contributed by atoms with Gasteiger partial charge in [0.15, 0.2) is 0 Å². The van der Waals surface area contributed by atoms with Gasteiger partial charge in [0.1, 0.15) is 5.92 Å². The first-order valence-corrected chi connectivity index (χ1v) is 5.10. The molecule has 1 rings (SSSR count). The topological polar surface area (TPSA) is 66.4 Å². The van der Waals surface area contributed by atoms with Crippen LogP contribution in [0, 0.1) is 12.8 Å². The lowest BCUT2D eigenvalue weighted by atomic mass is 10.1. The second-order valence-corrected chi connectivity index (χ2v) is 3.87. The van der Waals surface area contributed by atoms with E-state index in [0.717, 1.165) is 5.56 Å². The maximum absolute atomic E-state index is 11.5. The molecule has 0 saturated carbocycles. The average molecular weight is 242 g/mol. The molecule has 0 aliphatic rings. The van der Waals surface area contributed by atoms with Crippen molar-refractivity contribution in [3.05, 3.63) is 28.8 Å². The van der Waals surface area contributed by atoms with Crippen LogP contribution in [0.4, 0.5) is 5.69 Å². The minimum absolute atomic E-state index is 0.528. The number of carboxylic acid groups (broad SMARTS) is 1. The number of carbonyl (C=O) groups is 2. The predicted molar refractivity (Wildman–Crippen MR) is 61.6 cm³/mol. The van der Waals surface area contributed by atoms with Crippen molar-refractivity contribution in [3.63, 3.8) is 0 Å². The van der Waals surface area contributed by atoms with Crippen LogP contribution in [0.15, 0.2) is 18.2 Å². The lowest BCUT2D eigenvalue weighted by Crippen LogP contribution is -2.27. The maximum atomic E-state index is 11.5. The van der Waals surface area contributed by atoms with Crippen molar-refractivity contribution in [2.75, 3.05) is 5.32 Å². The number of benzene rings is 1.